The first kappa shape index (κ1) is 11.4. The molecule has 12 heavy (non-hydrogen) atoms. The quantitative estimate of drug-likeness (QED) is 0.423. The molecule has 0 aliphatic heterocycles. The average Bonchev–Trinajstić information content (AvgIpc) is 2.06. The summed E-state index contributed by atoms with van der Waals surface area (Å²) in [5, 5.41) is 0. The van der Waals surface area contributed by atoms with Crippen molar-refractivity contribution in [2.75, 3.05) is 7.05 Å². The molecule has 0 aliphatic carbocycles. The summed E-state index contributed by atoms with van der Waals surface area (Å²) in [5.74, 6) is 0. The van der Waals surface area contributed by atoms with Crippen LogP contribution in [0.4, 0.5) is 0 Å². The van der Waals surface area contributed by atoms with Gasteiger partial charge in [-0.15, -0.1) is 0 Å². The third-order valence-corrected chi connectivity index (χ3v) is 1.71. The molecule has 0 unspecified atom stereocenters. The minimum atomic E-state index is 1.16. The first-order valence-electron chi connectivity index (χ1n) is 3.55. The van der Waals surface area contributed by atoms with Gasteiger partial charge in [-0.1, -0.05) is 24.8 Å². The van der Waals surface area contributed by atoms with Crippen molar-refractivity contribution >= 4 is 28.8 Å². The lowest BCUT2D eigenvalue weighted by Crippen LogP contribution is -1.64. The van der Waals surface area contributed by atoms with Crippen LogP contribution in [-0.4, -0.2) is 13.3 Å². The molecule has 0 aliphatic rings. The lowest BCUT2D eigenvalue weighted by atomic mass is 10.4. The Bertz CT molecular complexity index is 234. The van der Waals surface area contributed by atoms with Gasteiger partial charge in [0.25, 0.3) is 0 Å². The smallest absolute Gasteiger partial charge is 0.0277 e. The Morgan fingerprint density at radius 1 is 1.33 bits per heavy atom. The summed E-state index contributed by atoms with van der Waals surface area (Å²) in [6, 6.07) is 0. The maximum Gasteiger partial charge on any atom is 0.0277 e. The van der Waals surface area contributed by atoms with Gasteiger partial charge >= 0.3 is 0 Å². The van der Waals surface area contributed by atoms with Crippen LogP contribution in [0.25, 0.3) is 0 Å². The molecule has 64 valence electrons. The van der Waals surface area contributed by atoms with Gasteiger partial charge < -0.3 is 0 Å². The fourth-order valence-electron chi connectivity index (χ4n) is 0.503. The number of nitrogens with zero attached hydrogens (tertiary/aromatic N) is 1. The van der Waals surface area contributed by atoms with E-state index in [1.165, 1.54) is 0 Å². The molecule has 0 bridgehead atoms. The average molecular weight is 273 g/mol. The van der Waals surface area contributed by atoms with Crippen LogP contribution in [0, 0.1) is 0 Å². The zero-order valence-corrected chi connectivity index (χ0v) is 9.23. The van der Waals surface area contributed by atoms with E-state index < -0.39 is 0 Å². The van der Waals surface area contributed by atoms with E-state index in [2.05, 4.69) is 34.2 Å². The lowest BCUT2D eigenvalue weighted by Gasteiger charge is -1.82. The molecular formula is C10H12IN. The van der Waals surface area contributed by atoms with Crippen molar-refractivity contribution in [2.45, 2.75) is 0 Å². The highest BCUT2D eigenvalue weighted by molar-refractivity contribution is 14.1. The van der Waals surface area contributed by atoms with Crippen molar-refractivity contribution in [1.29, 1.82) is 0 Å². The molecule has 0 atom stereocenters. The predicted molar refractivity (Wildman–Crippen MR) is 65.0 cm³/mol. The fraction of sp³-hybridized carbons (Fsp3) is 0.100. The van der Waals surface area contributed by atoms with Crippen LogP contribution in [0.2, 0.25) is 0 Å². The van der Waals surface area contributed by atoms with Gasteiger partial charge in [0.1, 0.15) is 0 Å². The van der Waals surface area contributed by atoms with E-state index >= 15 is 0 Å². The second-order valence-electron chi connectivity index (χ2n) is 1.94. The van der Waals surface area contributed by atoms with E-state index in [-0.39, 0.29) is 0 Å². The molecule has 0 aromatic heterocycles. The largest absolute Gasteiger partial charge is 0.297 e. The standard InChI is InChI=1S/C10H12IN/c1-3-4-5-7-10(11)8-6-9-12-2/h3-9H,1H2,2H3/b5-4-,8-6-,10-7-,12-9?. The Hall–Kier alpha value is -0.640. The lowest BCUT2D eigenvalue weighted by molar-refractivity contribution is 1.48. The maximum absolute atomic E-state index is 3.83. The topological polar surface area (TPSA) is 12.4 Å². The van der Waals surface area contributed by atoms with Gasteiger partial charge in [-0.2, -0.15) is 0 Å². The normalized spacial score (nSPS) is 13.7. The predicted octanol–water partition coefficient (Wildman–Crippen LogP) is 3.30. The van der Waals surface area contributed by atoms with E-state index in [0.29, 0.717) is 0 Å². The molecule has 0 N–H and O–H groups in total. The van der Waals surface area contributed by atoms with Crippen molar-refractivity contribution < 1.29 is 0 Å². The Balaban J connectivity index is 4.01. The second kappa shape index (κ2) is 8.46. The number of halogens is 1. The fourth-order valence-corrected chi connectivity index (χ4v) is 0.918. The van der Waals surface area contributed by atoms with Gasteiger partial charge in [0, 0.05) is 16.8 Å². The molecule has 0 aromatic carbocycles. The molecule has 0 radical (unpaired) electrons. The number of allylic oxidation sites excluding steroid dienone is 7. The molecule has 0 aromatic rings. The Labute approximate surface area is 87.4 Å². The van der Waals surface area contributed by atoms with Gasteiger partial charge in [0.15, 0.2) is 0 Å². The van der Waals surface area contributed by atoms with Crippen molar-refractivity contribution in [1.82, 2.24) is 0 Å². The summed E-state index contributed by atoms with van der Waals surface area (Å²) in [7, 11) is 1.75. The summed E-state index contributed by atoms with van der Waals surface area (Å²) in [6.45, 7) is 3.58. The highest BCUT2D eigenvalue weighted by atomic mass is 127. The third kappa shape index (κ3) is 7.47. The molecule has 0 saturated heterocycles. The molecule has 1 nitrogen and oxygen atoms in total. The summed E-state index contributed by atoms with van der Waals surface area (Å²) < 4.78 is 1.16. The minimum Gasteiger partial charge on any atom is -0.297 e. The minimum absolute atomic E-state index is 1.16. The molecule has 0 spiro atoms. The zero-order valence-electron chi connectivity index (χ0n) is 7.07. The zero-order chi connectivity index (χ0) is 9.23. The van der Waals surface area contributed by atoms with Gasteiger partial charge in [0.2, 0.25) is 0 Å². The molecule has 0 saturated carbocycles. The molecule has 0 rings (SSSR count). The van der Waals surface area contributed by atoms with Crippen LogP contribution in [0.1, 0.15) is 0 Å². The SMILES string of the molecule is C=C\C=C/C=C(I)/C=C\C=NC. The van der Waals surface area contributed by atoms with Gasteiger partial charge in [-0.05, 0) is 40.8 Å². The van der Waals surface area contributed by atoms with Gasteiger partial charge in [-0.3, -0.25) is 4.99 Å². The molecular weight excluding hydrogens is 261 g/mol. The van der Waals surface area contributed by atoms with Gasteiger partial charge in [-0.25, -0.2) is 0 Å². The van der Waals surface area contributed by atoms with Crippen LogP contribution in [0.5, 0.6) is 0 Å². The summed E-state index contributed by atoms with van der Waals surface area (Å²) in [4.78, 5) is 3.83. The van der Waals surface area contributed by atoms with Crippen LogP contribution >= 0.6 is 22.6 Å². The summed E-state index contributed by atoms with van der Waals surface area (Å²) in [5.41, 5.74) is 0. The van der Waals surface area contributed by atoms with Crippen molar-refractivity contribution in [2.24, 2.45) is 4.99 Å². The number of hydrogen-bond donors (Lipinski definition) is 0. The highest BCUT2D eigenvalue weighted by Crippen LogP contribution is 2.06. The second-order valence-corrected chi connectivity index (χ2v) is 3.18. The van der Waals surface area contributed by atoms with E-state index in [0.717, 1.165) is 3.58 Å². The number of hydrogen-bond acceptors (Lipinski definition) is 1. The van der Waals surface area contributed by atoms with E-state index in [1.54, 1.807) is 19.3 Å². The maximum atomic E-state index is 3.83. The van der Waals surface area contributed by atoms with Crippen LogP contribution < -0.4 is 0 Å². The van der Waals surface area contributed by atoms with E-state index in [1.807, 2.05) is 30.4 Å². The Morgan fingerprint density at radius 2 is 2.08 bits per heavy atom. The highest BCUT2D eigenvalue weighted by Gasteiger charge is 1.77. The van der Waals surface area contributed by atoms with Crippen molar-refractivity contribution in [3.63, 3.8) is 0 Å². The van der Waals surface area contributed by atoms with E-state index in [9.17, 15) is 0 Å². The molecule has 0 heterocycles. The number of aliphatic imine (C=N–C) groups is 1. The first-order valence-corrected chi connectivity index (χ1v) is 4.63. The summed E-state index contributed by atoms with van der Waals surface area (Å²) >= 11 is 2.25. The van der Waals surface area contributed by atoms with Crippen LogP contribution in [-0.2, 0) is 0 Å². The molecule has 2 heteroatoms. The number of rotatable bonds is 4. The van der Waals surface area contributed by atoms with Crippen molar-refractivity contribution in [3.05, 3.63) is 46.6 Å². The van der Waals surface area contributed by atoms with Gasteiger partial charge in [0.05, 0.1) is 0 Å². The Morgan fingerprint density at radius 3 is 2.67 bits per heavy atom. The van der Waals surface area contributed by atoms with E-state index in [4.69, 9.17) is 0 Å². The van der Waals surface area contributed by atoms with Crippen LogP contribution in [0.15, 0.2) is 51.6 Å². The van der Waals surface area contributed by atoms with Crippen LogP contribution in [0.3, 0.4) is 0 Å². The first-order chi connectivity index (χ1) is 5.81. The van der Waals surface area contributed by atoms with Crippen molar-refractivity contribution in [3.8, 4) is 0 Å². The Kier molecular flexibility index (Phi) is 8.01. The summed E-state index contributed by atoms with van der Waals surface area (Å²) in [6.07, 6.45) is 13.2. The third-order valence-electron chi connectivity index (χ3n) is 0.993. The molecule has 0 amide bonds. The molecule has 0 fully saturated rings. The monoisotopic (exact) mass is 273 g/mol.